The zero-order valence-corrected chi connectivity index (χ0v) is 8.44. The molecule has 3 nitrogen and oxygen atoms in total. The molecule has 0 amide bonds. The number of hydrogen-bond acceptors (Lipinski definition) is 2. The third-order valence-corrected chi connectivity index (χ3v) is 1.77. The second-order valence-electron chi connectivity index (χ2n) is 2.64. The summed E-state index contributed by atoms with van der Waals surface area (Å²) in [6, 6.07) is 0. The van der Waals surface area contributed by atoms with Gasteiger partial charge >= 0.3 is 0 Å². The van der Waals surface area contributed by atoms with Gasteiger partial charge in [-0.2, -0.15) is 0 Å². The fraction of sp³-hybridized carbons (Fsp3) is 0. The minimum Gasteiger partial charge on any atom is -0.455 e. The summed E-state index contributed by atoms with van der Waals surface area (Å²) in [5, 5.41) is 0. The van der Waals surface area contributed by atoms with Crippen LogP contribution in [0.15, 0.2) is 71.7 Å². The SMILES string of the molecule is C=C/N=C\N=C1/C(=C)OC(C=C)=C1C=C. The fourth-order valence-corrected chi connectivity index (χ4v) is 1.13. The molecular weight excluding hydrogens is 188 g/mol. The van der Waals surface area contributed by atoms with E-state index in [9.17, 15) is 0 Å². The van der Waals surface area contributed by atoms with Gasteiger partial charge in [0.1, 0.15) is 23.6 Å². The van der Waals surface area contributed by atoms with E-state index in [1.165, 1.54) is 12.5 Å². The van der Waals surface area contributed by atoms with Crippen LogP contribution < -0.4 is 0 Å². The normalized spacial score (nSPS) is 18.4. The number of hydrogen-bond donors (Lipinski definition) is 0. The summed E-state index contributed by atoms with van der Waals surface area (Å²) in [5.41, 5.74) is 1.39. The van der Waals surface area contributed by atoms with Crippen molar-refractivity contribution in [2.75, 3.05) is 0 Å². The van der Waals surface area contributed by atoms with Gasteiger partial charge in [-0.3, -0.25) is 0 Å². The first kappa shape index (κ1) is 10.9. The van der Waals surface area contributed by atoms with Gasteiger partial charge in [0.25, 0.3) is 0 Å². The van der Waals surface area contributed by atoms with E-state index in [0.717, 1.165) is 5.57 Å². The lowest BCUT2D eigenvalue weighted by Crippen LogP contribution is -1.98. The Kier molecular flexibility index (Phi) is 3.57. The van der Waals surface area contributed by atoms with E-state index in [-0.39, 0.29) is 0 Å². The van der Waals surface area contributed by atoms with Gasteiger partial charge in [0.2, 0.25) is 0 Å². The Balaban J connectivity index is 3.11. The smallest absolute Gasteiger partial charge is 0.146 e. The van der Waals surface area contributed by atoms with Crippen molar-refractivity contribution >= 4 is 12.1 Å². The Hall–Kier alpha value is -2.16. The van der Waals surface area contributed by atoms with Crippen molar-refractivity contribution < 1.29 is 4.74 Å². The number of aliphatic imine (C=N–C) groups is 2. The summed E-state index contributed by atoms with van der Waals surface area (Å²) in [6.45, 7) is 14.5. The molecule has 0 bridgehead atoms. The van der Waals surface area contributed by atoms with Crippen molar-refractivity contribution in [2.45, 2.75) is 0 Å². The van der Waals surface area contributed by atoms with Gasteiger partial charge in [0, 0.05) is 11.8 Å². The molecule has 0 aromatic heterocycles. The molecule has 1 aliphatic heterocycles. The molecule has 0 aliphatic carbocycles. The van der Waals surface area contributed by atoms with Crippen molar-refractivity contribution in [2.24, 2.45) is 9.98 Å². The molecule has 76 valence electrons. The van der Waals surface area contributed by atoms with Crippen molar-refractivity contribution in [1.29, 1.82) is 0 Å². The summed E-state index contributed by atoms with van der Waals surface area (Å²) < 4.78 is 5.33. The summed E-state index contributed by atoms with van der Waals surface area (Å²) in [5.74, 6) is 1.08. The van der Waals surface area contributed by atoms with E-state index < -0.39 is 0 Å². The molecule has 15 heavy (non-hydrogen) atoms. The molecule has 1 rings (SSSR count). The first-order chi connectivity index (χ1) is 7.24. The molecule has 0 saturated heterocycles. The van der Waals surface area contributed by atoms with Gasteiger partial charge in [-0.25, -0.2) is 9.98 Å². The van der Waals surface area contributed by atoms with Crippen molar-refractivity contribution in [3.8, 4) is 0 Å². The van der Waals surface area contributed by atoms with Crippen LogP contribution in [0.4, 0.5) is 0 Å². The molecule has 0 radical (unpaired) electrons. The van der Waals surface area contributed by atoms with E-state index >= 15 is 0 Å². The Morgan fingerprint density at radius 2 is 1.87 bits per heavy atom. The maximum atomic E-state index is 5.33. The molecule has 0 aromatic carbocycles. The number of allylic oxidation sites excluding steroid dienone is 3. The monoisotopic (exact) mass is 200 g/mol. The molecule has 0 aromatic rings. The molecule has 1 aliphatic rings. The van der Waals surface area contributed by atoms with E-state index in [1.807, 2.05) is 0 Å². The Morgan fingerprint density at radius 3 is 2.40 bits per heavy atom. The predicted octanol–water partition coefficient (Wildman–Crippen LogP) is 2.77. The largest absolute Gasteiger partial charge is 0.455 e. The summed E-state index contributed by atoms with van der Waals surface area (Å²) >= 11 is 0. The van der Waals surface area contributed by atoms with Gasteiger partial charge < -0.3 is 4.74 Å². The van der Waals surface area contributed by atoms with Crippen LogP contribution in [-0.4, -0.2) is 12.1 Å². The van der Waals surface area contributed by atoms with Gasteiger partial charge in [0.15, 0.2) is 0 Å². The summed E-state index contributed by atoms with van der Waals surface area (Å²) in [7, 11) is 0. The molecule has 3 heteroatoms. The second-order valence-corrected chi connectivity index (χ2v) is 2.64. The average Bonchev–Trinajstić information content (AvgIpc) is 2.55. The third kappa shape index (κ3) is 2.20. The maximum Gasteiger partial charge on any atom is 0.146 e. The Morgan fingerprint density at radius 1 is 1.13 bits per heavy atom. The lowest BCUT2D eigenvalue weighted by Gasteiger charge is -1.95. The van der Waals surface area contributed by atoms with Gasteiger partial charge in [-0.15, -0.1) is 0 Å². The highest BCUT2D eigenvalue weighted by Gasteiger charge is 2.22. The molecule has 0 fully saturated rings. The Bertz CT molecular complexity index is 411. The van der Waals surface area contributed by atoms with Crippen molar-refractivity contribution in [1.82, 2.24) is 0 Å². The van der Waals surface area contributed by atoms with Crippen LogP contribution in [0.25, 0.3) is 0 Å². The summed E-state index contributed by atoms with van der Waals surface area (Å²) in [6.07, 6.45) is 6.02. The number of ether oxygens (including phenoxy) is 1. The average molecular weight is 200 g/mol. The molecule has 0 saturated carbocycles. The third-order valence-electron chi connectivity index (χ3n) is 1.77. The van der Waals surface area contributed by atoms with E-state index in [4.69, 9.17) is 4.74 Å². The predicted molar refractivity (Wildman–Crippen MR) is 63.8 cm³/mol. The lowest BCUT2D eigenvalue weighted by molar-refractivity contribution is 0.358. The van der Waals surface area contributed by atoms with Gasteiger partial charge in [0.05, 0.1) is 0 Å². The fourth-order valence-electron chi connectivity index (χ4n) is 1.13. The van der Waals surface area contributed by atoms with Gasteiger partial charge in [-0.05, 0) is 6.08 Å². The number of rotatable bonds is 4. The van der Waals surface area contributed by atoms with Crippen LogP contribution in [0.5, 0.6) is 0 Å². The van der Waals surface area contributed by atoms with E-state index in [0.29, 0.717) is 17.2 Å². The minimum absolute atomic E-state index is 0.468. The van der Waals surface area contributed by atoms with Crippen molar-refractivity contribution in [3.63, 3.8) is 0 Å². The highest BCUT2D eigenvalue weighted by Crippen LogP contribution is 2.25. The van der Waals surface area contributed by atoms with Crippen LogP contribution >= 0.6 is 0 Å². The zero-order chi connectivity index (χ0) is 11.3. The van der Waals surface area contributed by atoms with E-state index in [1.54, 1.807) is 12.2 Å². The zero-order valence-electron chi connectivity index (χ0n) is 8.44. The molecule has 0 N–H and O–H groups in total. The lowest BCUT2D eigenvalue weighted by atomic mass is 10.1. The summed E-state index contributed by atoms with van der Waals surface area (Å²) in [4.78, 5) is 7.86. The first-order valence-electron chi connectivity index (χ1n) is 4.31. The second kappa shape index (κ2) is 4.91. The molecule has 0 atom stereocenters. The maximum absolute atomic E-state index is 5.33. The quantitative estimate of drug-likeness (QED) is 0.507. The van der Waals surface area contributed by atoms with E-state index in [2.05, 4.69) is 36.3 Å². The molecular formula is C12H12N2O. The van der Waals surface area contributed by atoms with Crippen LogP contribution in [-0.2, 0) is 4.74 Å². The molecule has 1 heterocycles. The van der Waals surface area contributed by atoms with Crippen molar-refractivity contribution in [3.05, 3.63) is 61.8 Å². The van der Waals surface area contributed by atoms with Crippen LogP contribution in [0, 0.1) is 0 Å². The Labute approximate surface area is 89.2 Å². The minimum atomic E-state index is 0.468. The standard InChI is InChI=1S/C12H12N2O/c1-5-10-11(6-2)15-9(4)12(10)14-8-13-7-3/h5-8H,1-4H2/b13-8-,14-12+. The topological polar surface area (TPSA) is 34.0 Å². The first-order valence-corrected chi connectivity index (χ1v) is 4.31. The van der Waals surface area contributed by atoms with Crippen LogP contribution in [0.3, 0.4) is 0 Å². The molecule has 0 spiro atoms. The molecule has 0 unspecified atom stereocenters. The van der Waals surface area contributed by atoms with Crippen LogP contribution in [0.1, 0.15) is 0 Å². The van der Waals surface area contributed by atoms with Gasteiger partial charge in [-0.1, -0.05) is 32.4 Å². The highest BCUT2D eigenvalue weighted by molar-refractivity contribution is 6.17. The highest BCUT2D eigenvalue weighted by atomic mass is 16.5. The number of nitrogens with zero attached hydrogens (tertiary/aromatic N) is 2. The van der Waals surface area contributed by atoms with Crippen LogP contribution in [0.2, 0.25) is 0 Å².